The molecule has 5 heteroatoms. The fraction of sp³-hybridized carbons (Fsp3) is 0.154. The Morgan fingerprint density at radius 3 is 2.72 bits per heavy atom. The predicted molar refractivity (Wildman–Crippen MR) is 69.9 cm³/mol. The van der Waals surface area contributed by atoms with E-state index >= 15 is 0 Å². The molecule has 0 fully saturated rings. The number of phenolic OH excluding ortho intramolecular Hbond substituents is 1. The zero-order valence-corrected chi connectivity index (χ0v) is 10.4. The smallest absolute Gasteiger partial charge is 0.251 e. The molecule has 2 rings (SSSR count). The topological polar surface area (TPSA) is 54.3 Å². The van der Waals surface area contributed by atoms with Crippen LogP contribution in [-0.2, 0) is 6.54 Å². The summed E-state index contributed by atoms with van der Waals surface area (Å²) in [6.45, 7) is 1.25. The maximum Gasteiger partial charge on any atom is 0.251 e. The molecule has 1 amide bonds. The van der Waals surface area contributed by atoms with Crippen LogP contribution in [-0.4, -0.2) is 22.1 Å². The quantitative estimate of drug-likeness (QED) is 0.890. The Morgan fingerprint density at radius 1 is 1.33 bits per heavy atom. The molecule has 18 heavy (non-hydrogen) atoms. The molecule has 2 N–H and O–H groups in total. The standard InChI is InChI=1S/C13H13ClN2O2/c14-11-9-10(3-4-12(11)17)13(18)15-5-8-16-6-1-2-7-16/h1-4,6-7,9,17H,5,8H2,(H,15,18). The molecule has 0 aliphatic heterocycles. The Hall–Kier alpha value is -1.94. The molecule has 2 aromatic rings. The van der Waals surface area contributed by atoms with Crippen LogP contribution in [0, 0.1) is 0 Å². The summed E-state index contributed by atoms with van der Waals surface area (Å²) >= 11 is 5.74. The number of aromatic hydroxyl groups is 1. The van der Waals surface area contributed by atoms with E-state index in [1.54, 1.807) is 0 Å². The van der Waals surface area contributed by atoms with Crippen LogP contribution in [0.4, 0.5) is 0 Å². The van der Waals surface area contributed by atoms with E-state index in [1.165, 1.54) is 18.2 Å². The molecule has 0 aliphatic rings. The first kappa shape index (κ1) is 12.5. The second-order valence-electron chi connectivity index (χ2n) is 3.84. The number of amides is 1. The van der Waals surface area contributed by atoms with E-state index in [0.717, 1.165) is 0 Å². The molecule has 0 aliphatic carbocycles. The second kappa shape index (κ2) is 5.60. The van der Waals surface area contributed by atoms with E-state index in [1.807, 2.05) is 29.1 Å². The van der Waals surface area contributed by atoms with E-state index in [4.69, 9.17) is 11.6 Å². The summed E-state index contributed by atoms with van der Waals surface area (Å²) in [5, 5.41) is 12.2. The molecule has 0 saturated heterocycles. The van der Waals surface area contributed by atoms with Crippen molar-refractivity contribution in [2.45, 2.75) is 6.54 Å². The lowest BCUT2D eigenvalue weighted by Crippen LogP contribution is -2.26. The lowest BCUT2D eigenvalue weighted by atomic mass is 10.2. The van der Waals surface area contributed by atoms with Gasteiger partial charge >= 0.3 is 0 Å². The van der Waals surface area contributed by atoms with Crippen LogP contribution >= 0.6 is 11.6 Å². The number of nitrogens with one attached hydrogen (secondary N) is 1. The maximum atomic E-state index is 11.8. The highest BCUT2D eigenvalue weighted by molar-refractivity contribution is 6.32. The number of hydrogen-bond donors (Lipinski definition) is 2. The van der Waals surface area contributed by atoms with Crippen molar-refractivity contribution >= 4 is 17.5 Å². The van der Waals surface area contributed by atoms with Crippen molar-refractivity contribution < 1.29 is 9.90 Å². The van der Waals surface area contributed by atoms with E-state index in [0.29, 0.717) is 18.7 Å². The molecule has 4 nitrogen and oxygen atoms in total. The third-order valence-corrected chi connectivity index (χ3v) is 2.83. The Kier molecular flexibility index (Phi) is 3.89. The van der Waals surface area contributed by atoms with Crippen molar-refractivity contribution in [1.82, 2.24) is 9.88 Å². The molecule has 0 atom stereocenters. The van der Waals surface area contributed by atoms with Crippen molar-refractivity contribution in [1.29, 1.82) is 0 Å². The normalized spacial score (nSPS) is 10.3. The van der Waals surface area contributed by atoms with Gasteiger partial charge in [0.15, 0.2) is 0 Å². The number of aromatic nitrogens is 1. The van der Waals surface area contributed by atoms with Crippen molar-refractivity contribution in [3.63, 3.8) is 0 Å². The van der Waals surface area contributed by atoms with Crippen LogP contribution in [0.15, 0.2) is 42.7 Å². The van der Waals surface area contributed by atoms with Gasteiger partial charge in [0.2, 0.25) is 0 Å². The first-order valence-electron chi connectivity index (χ1n) is 5.54. The minimum atomic E-state index is -0.205. The minimum absolute atomic E-state index is 0.0273. The van der Waals surface area contributed by atoms with E-state index < -0.39 is 0 Å². The third kappa shape index (κ3) is 3.05. The zero-order chi connectivity index (χ0) is 13.0. The lowest BCUT2D eigenvalue weighted by molar-refractivity contribution is 0.0952. The average Bonchev–Trinajstić information content (AvgIpc) is 2.85. The lowest BCUT2D eigenvalue weighted by Gasteiger charge is -2.07. The van der Waals surface area contributed by atoms with Crippen LogP contribution < -0.4 is 5.32 Å². The van der Waals surface area contributed by atoms with Gasteiger partial charge in [0.1, 0.15) is 5.75 Å². The minimum Gasteiger partial charge on any atom is -0.506 e. The summed E-state index contributed by atoms with van der Waals surface area (Å²) in [7, 11) is 0. The molecule has 0 unspecified atom stereocenters. The van der Waals surface area contributed by atoms with Crippen molar-refractivity contribution in [2.75, 3.05) is 6.54 Å². The molecule has 94 valence electrons. The Bertz CT molecular complexity index is 538. The number of hydrogen-bond acceptors (Lipinski definition) is 2. The molecular weight excluding hydrogens is 252 g/mol. The van der Waals surface area contributed by atoms with Crippen LogP contribution in [0.25, 0.3) is 0 Å². The third-order valence-electron chi connectivity index (χ3n) is 2.53. The zero-order valence-electron chi connectivity index (χ0n) is 9.64. The van der Waals surface area contributed by atoms with Crippen LogP contribution in [0.3, 0.4) is 0 Å². The molecule has 0 saturated carbocycles. The highest BCUT2D eigenvalue weighted by Gasteiger charge is 2.07. The van der Waals surface area contributed by atoms with Gasteiger partial charge in [-0.3, -0.25) is 4.79 Å². The number of phenols is 1. The monoisotopic (exact) mass is 264 g/mol. The Morgan fingerprint density at radius 2 is 2.06 bits per heavy atom. The second-order valence-corrected chi connectivity index (χ2v) is 4.25. The summed E-state index contributed by atoms with van der Waals surface area (Å²) in [6, 6.07) is 8.25. The van der Waals surface area contributed by atoms with E-state index in [-0.39, 0.29) is 16.7 Å². The number of nitrogens with zero attached hydrogens (tertiary/aromatic N) is 1. The van der Waals surface area contributed by atoms with Crippen LogP contribution in [0.5, 0.6) is 5.75 Å². The first-order valence-corrected chi connectivity index (χ1v) is 5.92. The number of carbonyl (C=O) groups excluding carboxylic acids is 1. The molecule has 0 spiro atoms. The van der Waals surface area contributed by atoms with Crippen LogP contribution in [0.1, 0.15) is 10.4 Å². The number of carbonyl (C=O) groups is 1. The number of benzene rings is 1. The van der Waals surface area contributed by atoms with Gasteiger partial charge in [-0.1, -0.05) is 11.6 Å². The van der Waals surface area contributed by atoms with Gasteiger partial charge in [-0.05, 0) is 30.3 Å². The fourth-order valence-corrected chi connectivity index (χ4v) is 1.75. The van der Waals surface area contributed by atoms with Crippen molar-refractivity contribution in [3.8, 4) is 5.75 Å². The van der Waals surface area contributed by atoms with Crippen molar-refractivity contribution in [2.24, 2.45) is 0 Å². The molecule has 1 aromatic heterocycles. The van der Waals surface area contributed by atoms with Gasteiger partial charge in [0.05, 0.1) is 5.02 Å². The van der Waals surface area contributed by atoms with Crippen LogP contribution in [0.2, 0.25) is 5.02 Å². The Balaban J connectivity index is 1.89. The molecule has 0 bridgehead atoms. The average molecular weight is 265 g/mol. The molecule has 1 aromatic carbocycles. The Labute approximate surface area is 110 Å². The summed E-state index contributed by atoms with van der Waals surface area (Å²) in [5.74, 6) is -0.232. The van der Waals surface area contributed by atoms with Gasteiger partial charge in [0, 0.05) is 31.0 Å². The maximum absolute atomic E-state index is 11.8. The van der Waals surface area contributed by atoms with Gasteiger partial charge in [-0.2, -0.15) is 0 Å². The van der Waals surface area contributed by atoms with Gasteiger partial charge in [0.25, 0.3) is 5.91 Å². The van der Waals surface area contributed by atoms with E-state index in [2.05, 4.69) is 5.32 Å². The summed E-state index contributed by atoms with van der Waals surface area (Å²) in [4.78, 5) is 11.8. The van der Waals surface area contributed by atoms with Gasteiger partial charge in [-0.25, -0.2) is 0 Å². The van der Waals surface area contributed by atoms with Gasteiger partial charge < -0.3 is 15.0 Å². The highest BCUT2D eigenvalue weighted by Crippen LogP contribution is 2.23. The van der Waals surface area contributed by atoms with Gasteiger partial charge in [-0.15, -0.1) is 0 Å². The molecular formula is C13H13ClN2O2. The summed E-state index contributed by atoms with van der Waals surface area (Å²) < 4.78 is 1.98. The summed E-state index contributed by atoms with van der Waals surface area (Å²) in [5.41, 5.74) is 0.435. The first-order chi connectivity index (χ1) is 8.66. The molecule has 0 radical (unpaired) electrons. The molecule has 1 heterocycles. The number of halogens is 1. The number of rotatable bonds is 4. The summed E-state index contributed by atoms with van der Waals surface area (Å²) in [6.07, 6.45) is 3.87. The fourth-order valence-electron chi connectivity index (χ4n) is 1.57. The predicted octanol–water partition coefficient (Wildman–Crippen LogP) is 2.28. The highest BCUT2D eigenvalue weighted by atomic mass is 35.5. The van der Waals surface area contributed by atoms with E-state index in [9.17, 15) is 9.90 Å². The largest absolute Gasteiger partial charge is 0.506 e. The van der Waals surface area contributed by atoms with Crippen molar-refractivity contribution in [3.05, 3.63) is 53.3 Å². The SMILES string of the molecule is O=C(NCCn1cccc1)c1ccc(O)c(Cl)c1.